The number of benzene rings is 7. The van der Waals surface area contributed by atoms with Crippen LogP contribution in [0.3, 0.4) is 0 Å². The minimum absolute atomic E-state index is 0.186. The number of ether oxygens (including phenoxy) is 1. The molecule has 7 aromatic carbocycles. The largest absolute Gasteiger partial charge is 0.457 e. The summed E-state index contributed by atoms with van der Waals surface area (Å²) in [6, 6.07) is 56.8. The SMILES string of the molecule is CCC1(c2ccc(-c3nc(-c4ccc5c(c4)Oc4ccccc4C54c5ccccc5-c5ccccc54)nc(-c4cccc5ccccc45)n3)cc2)CC(C)CC[C@@H](C)C1. The van der Waals surface area contributed by atoms with Gasteiger partial charge in [0.25, 0.3) is 0 Å². The van der Waals surface area contributed by atoms with Crippen molar-refractivity contribution in [3.8, 4) is 56.8 Å². The van der Waals surface area contributed by atoms with Crippen LogP contribution in [-0.4, -0.2) is 15.0 Å². The number of para-hydroxylation sites is 1. The van der Waals surface area contributed by atoms with Gasteiger partial charge in [-0.15, -0.1) is 0 Å². The van der Waals surface area contributed by atoms with Gasteiger partial charge in [0, 0.05) is 27.8 Å². The quantitative estimate of drug-likeness (QED) is 0.164. The van der Waals surface area contributed by atoms with E-state index in [1.807, 2.05) is 0 Å². The lowest BCUT2D eigenvalue weighted by Crippen LogP contribution is -2.32. The standard InChI is InChI=1S/C55H47N3O/c1-4-54(33-35(2)24-25-36(3)34-54)40-29-26-38(27-30-40)51-56-52(58-53(57-51)44-19-13-15-37-14-5-6-16-41(37)44)39-28-31-48-50(32-39)59-49-23-12-11-22-47(49)55(48)45-20-9-7-17-42(45)43-18-8-10-21-46(43)55/h5-23,26-32,35-36H,4,24-25,33-34H2,1-3H3/t35-,36?,54?/m1/s1. The van der Waals surface area contributed by atoms with Crippen LogP contribution in [0.15, 0.2) is 158 Å². The van der Waals surface area contributed by atoms with Crippen molar-refractivity contribution in [3.05, 3.63) is 186 Å². The average Bonchev–Trinajstić information content (AvgIpc) is 3.48. The van der Waals surface area contributed by atoms with Crippen LogP contribution < -0.4 is 4.74 Å². The van der Waals surface area contributed by atoms with Crippen molar-refractivity contribution in [1.82, 2.24) is 15.0 Å². The molecule has 0 saturated heterocycles. The predicted molar refractivity (Wildman–Crippen MR) is 240 cm³/mol. The van der Waals surface area contributed by atoms with E-state index >= 15 is 0 Å². The van der Waals surface area contributed by atoms with E-state index in [1.54, 1.807) is 0 Å². The molecule has 59 heavy (non-hydrogen) atoms. The molecule has 0 bridgehead atoms. The Morgan fingerprint density at radius 1 is 0.508 bits per heavy atom. The maximum Gasteiger partial charge on any atom is 0.164 e. The highest BCUT2D eigenvalue weighted by Crippen LogP contribution is 2.62. The van der Waals surface area contributed by atoms with Crippen molar-refractivity contribution >= 4 is 10.8 Å². The number of hydrogen-bond donors (Lipinski definition) is 0. The van der Waals surface area contributed by atoms with Crippen LogP contribution in [0, 0.1) is 11.8 Å². The molecule has 1 aliphatic heterocycles. The van der Waals surface area contributed by atoms with Gasteiger partial charge in [-0.25, -0.2) is 15.0 Å². The third-order valence-corrected chi connectivity index (χ3v) is 13.8. The fourth-order valence-corrected chi connectivity index (χ4v) is 11.1. The molecule has 8 aromatic rings. The first kappa shape index (κ1) is 35.7. The zero-order valence-electron chi connectivity index (χ0n) is 34.0. The van der Waals surface area contributed by atoms with E-state index in [0.717, 1.165) is 68.3 Å². The van der Waals surface area contributed by atoms with Gasteiger partial charge in [-0.3, -0.25) is 0 Å². The molecule has 11 rings (SSSR count). The molecule has 4 nitrogen and oxygen atoms in total. The molecule has 0 amide bonds. The molecule has 3 atom stereocenters. The number of hydrogen-bond acceptors (Lipinski definition) is 4. The van der Waals surface area contributed by atoms with Gasteiger partial charge in [0.05, 0.1) is 5.41 Å². The van der Waals surface area contributed by atoms with E-state index in [4.69, 9.17) is 19.7 Å². The summed E-state index contributed by atoms with van der Waals surface area (Å²) in [5, 5.41) is 2.26. The first-order chi connectivity index (χ1) is 28.9. The molecular weight excluding hydrogens is 719 g/mol. The lowest BCUT2D eigenvalue weighted by atomic mass is 9.66. The Kier molecular flexibility index (Phi) is 8.41. The van der Waals surface area contributed by atoms with E-state index in [9.17, 15) is 0 Å². The van der Waals surface area contributed by atoms with Gasteiger partial charge < -0.3 is 4.74 Å². The zero-order chi connectivity index (χ0) is 39.7. The Labute approximate surface area is 347 Å². The maximum atomic E-state index is 6.89. The normalized spacial score (nSPS) is 19.9. The second-order valence-electron chi connectivity index (χ2n) is 17.4. The summed E-state index contributed by atoms with van der Waals surface area (Å²) in [5.41, 5.74) is 11.3. The van der Waals surface area contributed by atoms with Gasteiger partial charge in [-0.1, -0.05) is 179 Å². The molecule has 2 aliphatic carbocycles. The summed E-state index contributed by atoms with van der Waals surface area (Å²) in [4.78, 5) is 15.8. The number of fused-ring (bicyclic) bond motifs is 10. The Bertz CT molecular complexity index is 2850. The second-order valence-corrected chi connectivity index (χ2v) is 17.4. The minimum atomic E-state index is -0.529. The van der Waals surface area contributed by atoms with Crippen molar-refractivity contribution in [3.63, 3.8) is 0 Å². The summed E-state index contributed by atoms with van der Waals surface area (Å²) in [7, 11) is 0. The molecule has 1 saturated carbocycles. The van der Waals surface area contributed by atoms with E-state index in [0.29, 0.717) is 17.5 Å². The fraction of sp³-hybridized carbons (Fsp3) is 0.218. The smallest absolute Gasteiger partial charge is 0.164 e. The van der Waals surface area contributed by atoms with Crippen molar-refractivity contribution in [1.29, 1.82) is 0 Å². The molecule has 1 fully saturated rings. The van der Waals surface area contributed by atoms with E-state index < -0.39 is 5.41 Å². The van der Waals surface area contributed by atoms with Crippen LogP contribution in [0.4, 0.5) is 0 Å². The molecule has 288 valence electrons. The third kappa shape index (κ3) is 5.60. The van der Waals surface area contributed by atoms with Crippen LogP contribution in [0.5, 0.6) is 11.5 Å². The molecule has 1 spiro atoms. The van der Waals surface area contributed by atoms with Gasteiger partial charge in [0.1, 0.15) is 11.5 Å². The molecular formula is C55H47N3O. The third-order valence-electron chi connectivity index (χ3n) is 13.8. The number of aromatic nitrogens is 3. The van der Waals surface area contributed by atoms with Crippen LogP contribution in [0.1, 0.15) is 80.7 Å². The Morgan fingerprint density at radius 2 is 1.05 bits per heavy atom. The summed E-state index contributed by atoms with van der Waals surface area (Å²) in [6.07, 6.45) is 6.24. The van der Waals surface area contributed by atoms with Gasteiger partial charge in [-0.05, 0) is 87.2 Å². The summed E-state index contributed by atoms with van der Waals surface area (Å²) in [5.74, 6) is 5.04. The van der Waals surface area contributed by atoms with E-state index in [1.165, 1.54) is 53.5 Å². The summed E-state index contributed by atoms with van der Waals surface area (Å²) < 4.78 is 6.89. The topological polar surface area (TPSA) is 47.9 Å². The van der Waals surface area contributed by atoms with Crippen molar-refractivity contribution in [2.75, 3.05) is 0 Å². The number of rotatable bonds is 5. The first-order valence-corrected chi connectivity index (χ1v) is 21.4. The van der Waals surface area contributed by atoms with Crippen molar-refractivity contribution in [2.45, 2.75) is 63.7 Å². The van der Waals surface area contributed by atoms with Gasteiger partial charge in [0.15, 0.2) is 17.5 Å². The first-order valence-electron chi connectivity index (χ1n) is 21.4. The highest BCUT2D eigenvalue weighted by molar-refractivity contribution is 5.95. The molecule has 0 radical (unpaired) electrons. The average molecular weight is 766 g/mol. The predicted octanol–water partition coefficient (Wildman–Crippen LogP) is 14.0. The van der Waals surface area contributed by atoms with Crippen LogP contribution in [-0.2, 0) is 10.8 Å². The van der Waals surface area contributed by atoms with Gasteiger partial charge in [-0.2, -0.15) is 0 Å². The molecule has 0 N–H and O–H groups in total. The zero-order valence-corrected chi connectivity index (χ0v) is 34.0. The molecule has 4 heteroatoms. The monoisotopic (exact) mass is 765 g/mol. The Morgan fingerprint density at radius 3 is 1.76 bits per heavy atom. The molecule has 3 aliphatic rings. The highest BCUT2D eigenvalue weighted by Gasteiger charge is 2.51. The van der Waals surface area contributed by atoms with Crippen LogP contribution in [0.2, 0.25) is 0 Å². The minimum Gasteiger partial charge on any atom is -0.457 e. The van der Waals surface area contributed by atoms with Crippen molar-refractivity contribution < 1.29 is 4.74 Å². The highest BCUT2D eigenvalue weighted by atomic mass is 16.5. The van der Waals surface area contributed by atoms with Gasteiger partial charge in [0.2, 0.25) is 0 Å². The Balaban J connectivity index is 1.08. The second kappa shape index (κ2) is 13.9. The lowest BCUT2D eigenvalue weighted by Gasteiger charge is -2.39. The molecule has 2 unspecified atom stereocenters. The summed E-state index contributed by atoms with van der Waals surface area (Å²) >= 11 is 0. The molecule has 1 aromatic heterocycles. The fourth-order valence-electron chi connectivity index (χ4n) is 11.1. The van der Waals surface area contributed by atoms with E-state index in [-0.39, 0.29) is 5.41 Å². The lowest BCUT2D eigenvalue weighted by molar-refractivity contribution is 0.295. The summed E-state index contributed by atoms with van der Waals surface area (Å²) in [6.45, 7) is 7.25. The molecule has 2 heterocycles. The van der Waals surface area contributed by atoms with Crippen LogP contribution in [0.25, 0.3) is 56.1 Å². The van der Waals surface area contributed by atoms with Crippen LogP contribution >= 0.6 is 0 Å². The maximum absolute atomic E-state index is 6.89. The Hall–Kier alpha value is -6.39. The van der Waals surface area contributed by atoms with Gasteiger partial charge >= 0.3 is 0 Å². The van der Waals surface area contributed by atoms with E-state index in [2.05, 4.69) is 178 Å². The number of nitrogens with zero attached hydrogens (tertiary/aromatic N) is 3. The van der Waals surface area contributed by atoms with Crippen molar-refractivity contribution in [2.24, 2.45) is 11.8 Å².